The number of ether oxygens (including phenoxy) is 1. The van der Waals surface area contributed by atoms with Gasteiger partial charge in [-0.05, 0) is 43.5 Å². The summed E-state index contributed by atoms with van der Waals surface area (Å²) in [6.07, 6.45) is 1.75. The van der Waals surface area contributed by atoms with Gasteiger partial charge in [-0.3, -0.25) is 24.0 Å². The molecule has 0 fully saturated rings. The number of amides is 2. The predicted molar refractivity (Wildman–Crippen MR) is 151 cm³/mol. The maximum absolute atomic E-state index is 13.8. The van der Waals surface area contributed by atoms with Gasteiger partial charge in [0.1, 0.15) is 24.0 Å². The number of sulfonamides is 1. The highest BCUT2D eigenvalue weighted by Gasteiger charge is 2.33. The molecule has 0 aliphatic carbocycles. The lowest BCUT2D eigenvalue weighted by atomic mass is 10.1. The number of non-ortho nitro benzene ring substituents is 1. The SMILES string of the molecule is CC[C@@H](C)NC(=O)[C@@H](CC)N(Cc1ccc(Cl)cc1Cl)C(=O)CN(c1cc([N+](=O)[O-])ccc1OC)S(C)(=O)=O. The largest absolute Gasteiger partial charge is 0.495 e. The zero-order valence-electron chi connectivity index (χ0n) is 22.3. The molecule has 2 atom stereocenters. The first kappa shape index (κ1) is 32.1. The molecule has 14 heteroatoms. The monoisotopic (exact) mass is 602 g/mol. The van der Waals surface area contributed by atoms with Crippen molar-refractivity contribution < 1.29 is 27.7 Å². The van der Waals surface area contributed by atoms with Gasteiger partial charge < -0.3 is 15.0 Å². The Hall–Kier alpha value is -3.09. The summed E-state index contributed by atoms with van der Waals surface area (Å²) in [4.78, 5) is 39.0. The van der Waals surface area contributed by atoms with Crippen LogP contribution in [-0.2, 0) is 26.2 Å². The van der Waals surface area contributed by atoms with Crippen LogP contribution in [0.25, 0.3) is 0 Å². The van der Waals surface area contributed by atoms with Crippen molar-refractivity contribution in [3.63, 3.8) is 0 Å². The van der Waals surface area contributed by atoms with Gasteiger partial charge in [0.25, 0.3) is 5.69 Å². The van der Waals surface area contributed by atoms with E-state index in [1.807, 2.05) is 13.8 Å². The molecule has 0 heterocycles. The van der Waals surface area contributed by atoms with Gasteiger partial charge in [-0.25, -0.2) is 8.42 Å². The van der Waals surface area contributed by atoms with Crippen LogP contribution in [-0.4, -0.2) is 62.0 Å². The van der Waals surface area contributed by atoms with Crippen molar-refractivity contribution in [3.05, 3.63) is 62.1 Å². The Labute approximate surface area is 238 Å². The third-order valence-corrected chi connectivity index (χ3v) is 7.78. The summed E-state index contributed by atoms with van der Waals surface area (Å²) in [7, 11) is -2.87. The van der Waals surface area contributed by atoms with Gasteiger partial charge >= 0.3 is 0 Å². The molecule has 0 aliphatic heterocycles. The zero-order valence-corrected chi connectivity index (χ0v) is 24.6. The average molecular weight is 604 g/mol. The molecular formula is C25H32Cl2N4O7S. The van der Waals surface area contributed by atoms with E-state index in [0.717, 1.165) is 22.7 Å². The van der Waals surface area contributed by atoms with Crippen LogP contribution in [0.5, 0.6) is 5.75 Å². The van der Waals surface area contributed by atoms with E-state index >= 15 is 0 Å². The van der Waals surface area contributed by atoms with Gasteiger partial charge in [0.2, 0.25) is 21.8 Å². The quantitative estimate of drug-likeness (QED) is 0.265. The minimum atomic E-state index is -4.14. The van der Waals surface area contributed by atoms with Crippen molar-refractivity contribution in [2.75, 3.05) is 24.2 Å². The van der Waals surface area contributed by atoms with Crippen LogP contribution >= 0.6 is 23.2 Å². The first-order valence-corrected chi connectivity index (χ1v) is 14.7. The summed E-state index contributed by atoms with van der Waals surface area (Å²) in [5.74, 6) is -1.14. The van der Waals surface area contributed by atoms with E-state index in [1.165, 1.54) is 24.1 Å². The molecule has 0 unspecified atom stereocenters. The fourth-order valence-electron chi connectivity index (χ4n) is 3.78. The highest BCUT2D eigenvalue weighted by molar-refractivity contribution is 7.92. The number of nitrogens with zero attached hydrogens (tertiary/aromatic N) is 3. The second-order valence-corrected chi connectivity index (χ2v) is 11.6. The maximum atomic E-state index is 13.8. The Kier molecular flexibility index (Phi) is 11.4. The number of anilines is 1. The van der Waals surface area contributed by atoms with Crippen molar-refractivity contribution in [2.45, 2.75) is 52.2 Å². The molecule has 214 valence electrons. The normalized spacial score (nSPS) is 12.8. The third-order valence-electron chi connectivity index (χ3n) is 6.06. The molecule has 0 aliphatic rings. The number of nitro benzene ring substituents is 1. The molecule has 2 aromatic rings. The van der Waals surface area contributed by atoms with E-state index in [9.17, 15) is 28.1 Å². The molecule has 11 nitrogen and oxygen atoms in total. The zero-order chi connectivity index (χ0) is 29.5. The molecule has 2 amide bonds. The Morgan fingerprint density at radius 3 is 2.31 bits per heavy atom. The molecule has 0 aromatic heterocycles. The van der Waals surface area contributed by atoms with E-state index in [-0.39, 0.29) is 35.5 Å². The summed E-state index contributed by atoms with van der Waals surface area (Å²) < 4.78 is 31.7. The summed E-state index contributed by atoms with van der Waals surface area (Å²) in [6, 6.07) is 6.99. The van der Waals surface area contributed by atoms with Crippen molar-refractivity contribution in [3.8, 4) is 5.75 Å². The predicted octanol–water partition coefficient (Wildman–Crippen LogP) is 4.40. The van der Waals surface area contributed by atoms with Gasteiger partial charge in [-0.1, -0.05) is 43.1 Å². The van der Waals surface area contributed by atoms with E-state index < -0.39 is 45.0 Å². The van der Waals surface area contributed by atoms with Crippen LogP contribution in [0.15, 0.2) is 36.4 Å². The molecule has 0 saturated heterocycles. The van der Waals surface area contributed by atoms with Crippen molar-refractivity contribution in [2.24, 2.45) is 0 Å². The number of hydrogen-bond donors (Lipinski definition) is 1. The van der Waals surface area contributed by atoms with Crippen molar-refractivity contribution >= 4 is 56.4 Å². The lowest BCUT2D eigenvalue weighted by molar-refractivity contribution is -0.384. The lowest BCUT2D eigenvalue weighted by Gasteiger charge is -2.33. The summed E-state index contributed by atoms with van der Waals surface area (Å²) >= 11 is 12.4. The minimum absolute atomic E-state index is 0.00711. The van der Waals surface area contributed by atoms with Gasteiger partial charge in [0.15, 0.2) is 0 Å². The van der Waals surface area contributed by atoms with E-state index in [1.54, 1.807) is 19.1 Å². The van der Waals surface area contributed by atoms with Gasteiger partial charge in [-0.2, -0.15) is 0 Å². The summed E-state index contributed by atoms with van der Waals surface area (Å²) in [6.45, 7) is 4.58. The molecule has 2 rings (SSSR count). The Morgan fingerprint density at radius 2 is 1.79 bits per heavy atom. The Morgan fingerprint density at radius 1 is 1.13 bits per heavy atom. The number of nitro groups is 1. The van der Waals surface area contributed by atoms with E-state index in [2.05, 4.69) is 5.32 Å². The van der Waals surface area contributed by atoms with Crippen LogP contribution < -0.4 is 14.4 Å². The Balaban J connectivity index is 2.60. The number of benzene rings is 2. The molecule has 1 N–H and O–H groups in total. The average Bonchev–Trinajstić information content (AvgIpc) is 2.86. The van der Waals surface area contributed by atoms with Crippen molar-refractivity contribution in [1.82, 2.24) is 10.2 Å². The van der Waals surface area contributed by atoms with Crippen LogP contribution in [0.2, 0.25) is 10.0 Å². The number of nitrogens with one attached hydrogen (secondary N) is 1. The molecule has 39 heavy (non-hydrogen) atoms. The molecule has 0 spiro atoms. The number of hydrogen-bond acceptors (Lipinski definition) is 7. The third kappa shape index (κ3) is 8.45. The number of carbonyl (C=O) groups is 2. The van der Waals surface area contributed by atoms with Gasteiger partial charge in [-0.15, -0.1) is 0 Å². The molecule has 0 bridgehead atoms. The molecule has 2 aromatic carbocycles. The first-order valence-electron chi connectivity index (χ1n) is 12.1. The van der Waals surface area contributed by atoms with Crippen LogP contribution in [0.4, 0.5) is 11.4 Å². The van der Waals surface area contributed by atoms with E-state index in [4.69, 9.17) is 27.9 Å². The second kappa shape index (κ2) is 13.8. The fraction of sp³-hybridized carbons (Fsp3) is 0.440. The van der Waals surface area contributed by atoms with Gasteiger partial charge in [0.05, 0.1) is 18.3 Å². The van der Waals surface area contributed by atoms with Crippen LogP contribution in [0, 0.1) is 10.1 Å². The highest BCUT2D eigenvalue weighted by Crippen LogP contribution is 2.34. The maximum Gasteiger partial charge on any atom is 0.271 e. The highest BCUT2D eigenvalue weighted by atomic mass is 35.5. The van der Waals surface area contributed by atoms with Crippen molar-refractivity contribution in [1.29, 1.82) is 0 Å². The number of carbonyl (C=O) groups excluding carboxylic acids is 2. The standard InChI is InChI=1S/C25H32Cl2N4O7S/c1-6-16(3)28-25(33)21(7-2)29(14-17-8-9-18(26)12-20(17)27)24(32)15-30(39(5,36)37)22-13-19(31(34)35)10-11-23(22)38-4/h8-13,16,21H,6-7,14-15H2,1-5H3,(H,28,33)/t16-,21-/m1/s1. The smallest absolute Gasteiger partial charge is 0.271 e. The Bertz CT molecular complexity index is 1320. The number of halogens is 2. The number of rotatable bonds is 13. The lowest BCUT2D eigenvalue weighted by Crippen LogP contribution is -2.53. The van der Waals surface area contributed by atoms with Crippen LogP contribution in [0.3, 0.4) is 0 Å². The van der Waals surface area contributed by atoms with E-state index in [0.29, 0.717) is 17.0 Å². The summed E-state index contributed by atoms with van der Waals surface area (Å²) in [5.41, 5.74) is -0.0942. The number of methoxy groups -OCH3 is 1. The molecular weight excluding hydrogens is 571 g/mol. The topological polar surface area (TPSA) is 139 Å². The second-order valence-electron chi connectivity index (χ2n) is 8.88. The van der Waals surface area contributed by atoms with Crippen LogP contribution in [0.1, 0.15) is 39.2 Å². The first-order chi connectivity index (χ1) is 18.2. The fourth-order valence-corrected chi connectivity index (χ4v) is 5.09. The molecule has 0 saturated carbocycles. The minimum Gasteiger partial charge on any atom is -0.495 e. The van der Waals surface area contributed by atoms with Gasteiger partial charge in [0, 0.05) is 34.8 Å². The summed E-state index contributed by atoms with van der Waals surface area (Å²) in [5, 5.41) is 14.9. The molecule has 0 radical (unpaired) electrons.